The lowest BCUT2D eigenvalue weighted by Crippen LogP contribution is -2.27. The molecule has 6 heterocycles. The fourth-order valence-corrected chi connectivity index (χ4v) is 11.1. The smallest absolute Gasteiger partial charge is 0.160 e. The van der Waals surface area contributed by atoms with Crippen LogP contribution in [0.3, 0.4) is 0 Å². The van der Waals surface area contributed by atoms with Gasteiger partial charge in [-0.2, -0.15) is 0 Å². The Morgan fingerprint density at radius 1 is 0.314 bits per heavy atom. The van der Waals surface area contributed by atoms with Crippen LogP contribution in [0.25, 0.3) is 112 Å². The second-order valence-corrected chi connectivity index (χ2v) is 18.2. The van der Waals surface area contributed by atoms with Crippen molar-refractivity contribution in [2.45, 2.75) is 11.8 Å². The number of rotatable bonds is 6. The van der Waals surface area contributed by atoms with E-state index in [2.05, 4.69) is 143 Å². The molecule has 0 amide bonds. The standard InChI is InChI=1S/C62H36N6O2/c1-3-11-35(12-4-1)51-31-53(45-19-9-17-43-49-33-63-27-25-55(49)69-59(43)45)67-61(65-51)37-21-23-41-47(29-37)57-39-15-7-8-16-40(39)58(41)48-30-38(22-24-42(48)57)62-66-52(36-13-5-2-6-14-36)32-54(68-62)46-20-10-18-44-50-34-64-28-26-56(50)70-60(44)46/h1-34,57-58H. The highest BCUT2D eigenvalue weighted by Crippen LogP contribution is 2.57. The normalized spacial score (nSPS) is 14.6. The van der Waals surface area contributed by atoms with Gasteiger partial charge in [-0.1, -0.05) is 133 Å². The van der Waals surface area contributed by atoms with Crippen molar-refractivity contribution in [1.82, 2.24) is 29.9 Å². The van der Waals surface area contributed by atoms with Gasteiger partial charge < -0.3 is 8.83 Å². The van der Waals surface area contributed by atoms with E-state index in [4.69, 9.17) is 28.8 Å². The quantitative estimate of drug-likeness (QED) is 0.163. The molecule has 13 aromatic rings. The topological polar surface area (TPSA) is 104 Å². The third-order valence-corrected chi connectivity index (χ3v) is 14.3. The molecule has 2 bridgehead atoms. The molecule has 0 radical (unpaired) electrons. The van der Waals surface area contributed by atoms with Crippen LogP contribution < -0.4 is 0 Å². The second kappa shape index (κ2) is 15.1. The van der Waals surface area contributed by atoms with Gasteiger partial charge in [0, 0.05) is 91.5 Å². The van der Waals surface area contributed by atoms with Gasteiger partial charge in [-0.3, -0.25) is 9.97 Å². The van der Waals surface area contributed by atoms with Crippen molar-refractivity contribution < 1.29 is 8.83 Å². The summed E-state index contributed by atoms with van der Waals surface area (Å²) in [5, 5.41) is 3.95. The van der Waals surface area contributed by atoms with Gasteiger partial charge >= 0.3 is 0 Å². The molecule has 2 unspecified atom stereocenters. The predicted octanol–water partition coefficient (Wildman–Crippen LogP) is 14.8. The number of benzene rings is 7. The predicted molar refractivity (Wildman–Crippen MR) is 275 cm³/mol. The third kappa shape index (κ3) is 5.90. The molecule has 6 aromatic heterocycles. The molecular weight excluding hydrogens is 861 g/mol. The van der Waals surface area contributed by atoms with E-state index in [-0.39, 0.29) is 11.8 Å². The highest BCUT2D eigenvalue weighted by molar-refractivity contribution is 6.10. The number of hydrogen-bond donors (Lipinski definition) is 0. The fraction of sp³-hybridized carbons (Fsp3) is 0.0323. The van der Waals surface area contributed by atoms with E-state index in [9.17, 15) is 0 Å². The van der Waals surface area contributed by atoms with Crippen LogP contribution in [0.15, 0.2) is 216 Å². The van der Waals surface area contributed by atoms with Crippen LogP contribution in [0.4, 0.5) is 0 Å². The Morgan fingerprint density at radius 2 is 0.743 bits per heavy atom. The Balaban J connectivity index is 0.874. The zero-order chi connectivity index (χ0) is 45.9. The van der Waals surface area contributed by atoms with Crippen LogP contribution in [0, 0.1) is 0 Å². The molecule has 0 saturated heterocycles. The Labute approximate surface area is 400 Å². The van der Waals surface area contributed by atoms with E-state index in [0.717, 1.165) is 100 Å². The molecule has 0 saturated carbocycles. The lowest BCUT2D eigenvalue weighted by atomic mass is 9.61. The van der Waals surface area contributed by atoms with Crippen LogP contribution in [-0.4, -0.2) is 29.9 Å². The number of furan rings is 2. The number of pyridine rings is 2. The van der Waals surface area contributed by atoms with E-state index in [1.165, 1.54) is 33.4 Å². The molecule has 0 fully saturated rings. The van der Waals surface area contributed by atoms with Gasteiger partial charge in [-0.05, 0) is 81.9 Å². The maximum atomic E-state index is 6.50. The monoisotopic (exact) mass is 896 g/mol. The summed E-state index contributed by atoms with van der Waals surface area (Å²) in [7, 11) is 0. The molecule has 0 aliphatic heterocycles. The first-order valence-corrected chi connectivity index (χ1v) is 23.5. The Bertz CT molecular complexity index is 4000. The molecule has 2 atom stereocenters. The van der Waals surface area contributed by atoms with Gasteiger partial charge in [0.15, 0.2) is 11.6 Å². The van der Waals surface area contributed by atoms with Crippen LogP contribution in [0.2, 0.25) is 0 Å². The van der Waals surface area contributed by atoms with Crippen molar-refractivity contribution in [3.05, 3.63) is 240 Å². The van der Waals surface area contributed by atoms with E-state index in [1.54, 1.807) is 12.4 Å². The minimum atomic E-state index is 0.00203. The van der Waals surface area contributed by atoms with E-state index < -0.39 is 0 Å². The molecule has 0 N–H and O–H groups in total. The molecule has 0 spiro atoms. The molecule has 326 valence electrons. The average molecular weight is 897 g/mol. The van der Waals surface area contributed by atoms with Gasteiger partial charge in [-0.25, -0.2) is 19.9 Å². The van der Waals surface area contributed by atoms with E-state index in [0.29, 0.717) is 11.6 Å². The Morgan fingerprint density at radius 3 is 1.21 bits per heavy atom. The van der Waals surface area contributed by atoms with Gasteiger partial charge in [0.2, 0.25) is 0 Å². The van der Waals surface area contributed by atoms with Crippen LogP contribution in [0.1, 0.15) is 45.2 Å². The summed E-state index contributed by atoms with van der Waals surface area (Å²) in [4.78, 5) is 30.0. The first-order valence-electron chi connectivity index (χ1n) is 23.5. The number of nitrogens with zero attached hydrogens (tertiary/aromatic N) is 6. The molecule has 16 rings (SSSR count). The summed E-state index contributed by atoms with van der Waals surface area (Å²) in [6.07, 6.45) is 7.25. The molecule has 7 aromatic carbocycles. The summed E-state index contributed by atoms with van der Waals surface area (Å²) >= 11 is 0. The largest absolute Gasteiger partial charge is 0.455 e. The molecular formula is C62H36N6O2. The lowest BCUT2D eigenvalue weighted by Gasteiger charge is -2.42. The number of aromatic nitrogens is 6. The molecule has 3 aliphatic rings. The SMILES string of the molecule is c1ccc(-c2cc(-c3cccc4c3oc3ccncc34)nc(-c3ccc4c(c3)C3c5ccccc5C4c4cc(-c5nc(-c6ccccc6)cc(-c6cccc7c6oc6ccncc67)n5)ccc43)n2)cc1. The van der Waals surface area contributed by atoms with Crippen LogP contribution in [-0.2, 0) is 0 Å². The highest BCUT2D eigenvalue weighted by Gasteiger charge is 2.41. The molecule has 8 nitrogen and oxygen atoms in total. The van der Waals surface area contributed by atoms with Crippen molar-refractivity contribution in [2.24, 2.45) is 0 Å². The molecule has 8 heteroatoms. The molecule has 3 aliphatic carbocycles. The first kappa shape index (κ1) is 38.7. The first-order chi connectivity index (χ1) is 34.7. The summed E-state index contributed by atoms with van der Waals surface area (Å²) in [5.74, 6) is 1.31. The van der Waals surface area contributed by atoms with E-state index >= 15 is 0 Å². The summed E-state index contributed by atoms with van der Waals surface area (Å²) in [5.41, 5.74) is 19.9. The Kier molecular flexibility index (Phi) is 8.32. The number of hydrogen-bond acceptors (Lipinski definition) is 8. The maximum Gasteiger partial charge on any atom is 0.160 e. The van der Waals surface area contributed by atoms with Crippen molar-refractivity contribution in [2.75, 3.05) is 0 Å². The van der Waals surface area contributed by atoms with Gasteiger partial charge in [0.05, 0.1) is 22.8 Å². The zero-order valence-corrected chi connectivity index (χ0v) is 37.3. The van der Waals surface area contributed by atoms with Crippen molar-refractivity contribution in [3.8, 4) is 67.8 Å². The Hall–Kier alpha value is -9.40. The van der Waals surface area contributed by atoms with Crippen LogP contribution >= 0.6 is 0 Å². The van der Waals surface area contributed by atoms with Gasteiger partial charge in [-0.15, -0.1) is 0 Å². The second-order valence-electron chi connectivity index (χ2n) is 18.2. The summed E-state index contributed by atoms with van der Waals surface area (Å²) in [6.45, 7) is 0. The number of fused-ring (bicyclic) bond motifs is 6. The van der Waals surface area contributed by atoms with Gasteiger partial charge in [0.25, 0.3) is 0 Å². The summed E-state index contributed by atoms with van der Waals surface area (Å²) in [6, 6.07) is 63.6. The van der Waals surface area contributed by atoms with Crippen molar-refractivity contribution >= 4 is 43.9 Å². The minimum absolute atomic E-state index is 0.00203. The molecule has 70 heavy (non-hydrogen) atoms. The maximum absolute atomic E-state index is 6.50. The zero-order valence-electron chi connectivity index (χ0n) is 37.3. The fourth-order valence-electron chi connectivity index (χ4n) is 11.1. The highest BCUT2D eigenvalue weighted by atomic mass is 16.3. The lowest BCUT2D eigenvalue weighted by molar-refractivity contribution is 0.669. The number of para-hydroxylation sites is 2. The minimum Gasteiger partial charge on any atom is -0.455 e. The summed E-state index contributed by atoms with van der Waals surface area (Å²) < 4.78 is 13.0. The van der Waals surface area contributed by atoms with Crippen LogP contribution in [0.5, 0.6) is 0 Å². The van der Waals surface area contributed by atoms with Gasteiger partial charge in [0.1, 0.15) is 22.3 Å². The third-order valence-electron chi connectivity index (χ3n) is 14.3. The van der Waals surface area contributed by atoms with Crippen molar-refractivity contribution in [3.63, 3.8) is 0 Å². The van der Waals surface area contributed by atoms with E-state index in [1.807, 2.05) is 60.9 Å². The average Bonchev–Trinajstić information content (AvgIpc) is 4.02. The van der Waals surface area contributed by atoms with Crippen molar-refractivity contribution in [1.29, 1.82) is 0 Å².